The predicted octanol–water partition coefficient (Wildman–Crippen LogP) is 14.1. The third-order valence-electron chi connectivity index (χ3n) is 16.6. The lowest BCUT2D eigenvalue weighted by molar-refractivity contribution is -0.145. The van der Waals surface area contributed by atoms with Crippen LogP contribution in [0.5, 0.6) is 23.0 Å². The molecular weight excluding hydrogens is 1120 g/mol. The summed E-state index contributed by atoms with van der Waals surface area (Å²) in [6.07, 6.45) is 0. The number of fused-ring (bicyclic) bond motifs is 8. The lowest BCUT2D eigenvalue weighted by atomic mass is 10.0. The fourth-order valence-electron chi connectivity index (χ4n) is 8.64. The van der Waals surface area contributed by atoms with Crippen molar-refractivity contribution in [1.29, 1.82) is 0 Å². The fourth-order valence-corrected chi connectivity index (χ4v) is 12.8. The van der Waals surface area contributed by atoms with Gasteiger partial charge in [-0.05, 0) is 182 Å². The molecule has 0 atom stereocenters. The van der Waals surface area contributed by atoms with Crippen LogP contribution in [-0.4, -0.2) is 59.1 Å². The molecule has 0 saturated carbocycles. The van der Waals surface area contributed by atoms with Crippen LogP contribution in [0.4, 0.5) is 0 Å². The van der Waals surface area contributed by atoms with Gasteiger partial charge in [0, 0.05) is 37.4 Å². The molecule has 1 aliphatic rings. The molecule has 0 radical (unpaired) electrons. The number of hydrogen-bond acceptors (Lipinski definition) is 7. The van der Waals surface area contributed by atoms with Crippen molar-refractivity contribution in [2.24, 2.45) is 0 Å². The number of ether oxygens (including phenoxy) is 2. The van der Waals surface area contributed by atoms with Crippen LogP contribution in [0.25, 0.3) is 22.3 Å². The molecular formula is C72H79N3O6SSi3. The smallest absolute Gasteiger partial charge is 0.344 e. The van der Waals surface area contributed by atoms with Gasteiger partial charge in [0.25, 0.3) is 0 Å². The summed E-state index contributed by atoms with van der Waals surface area (Å²) in [5.74, 6) is 24.1. The van der Waals surface area contributed by atoms with E-state index in [1.807, 2.05) is 97.1 Å². The number of benzene rings is 4. The quantitative estimate of drug-likeness (QED) is 0.0676. The molecule has 3 N–H and O–H groups in total. The molecule has 85 heavy (non-hydrogen) atoms. The molecule has 1 aliphatic heterocycles. The summed E-state index contributed by atoms with van der Waals surface area (Å²) in [5.41, 5.74) is 8.34. The zero-order chi connectivity index (χ0) is 61.1. The molecule has 0 saturated heterocycles. The summed E-state index contributed by atoms with van der Waals surface area (Å²) < 4.78 is 31.3. The highest BCUT2D eigenvalue weighted by molar-refractivity contribution is 7.14. The summed E-state index contributed by atoms with van der Waals surface area (Å²) in [6.45, 7) is 35.6. The molecule has 13 heteroatoms. The molecule has 9 nitrogen and oxygen atoms in total. The highest BCUT2D eigenvalue weighted by Crippen LogP contribution is 2.40. The number of H-pyrrole nitrogens is 3. The van der Waals surface area contributed by atoms with Gasteiger partial charge >= 0.3 is 5.97 Å². The topological polar surface area (TPSA) is 111 Å². The summed E-state index contributed by atoms with van der Waals surface area (Å²) in [6, 6.07) is 49.0. The predicted molar refractivity (Wildman–Crippen MR) is 356 cm³/mol. The molecule has 0 fully saturated rings. The van der Waals surface area contributed by atoms with Gasteiger partial charge in [0.05, 0.1) is 50.8 Å². The van der Waals surface area contributed by atoms with E-state index in [0.29, 0.717) is 5.75 Å². The summed E-state index contributed by atoms with van der Waals surface area (Å²) >= 11 is 1.65. The van der Waals surface area contributed by atoms with Crippen LogP contribution >= 0.6 is 11.3 Å². The minimum atomic E-state index is -2.13. The van der Waals surface area contributed by atoms with Gasteiger partial charge in [-0.3, -0.25) is 0 Å². The number of hydrogen-bond donors (Lipinski definition) is 3. The molecule has 8 bridgehead atoms. The third kappa shape index (κ3) is 14.5. The van der Waals surface area contributed by atoms with Crippen molar-refractivity contribution in [3.8, 4) is 58.5 Å². The van der Waals surface area contributed by atoms with Gasteiger partial charge in [-0.25, -0.2) is 4.79 Å². The van der Waals surface area contributed by atoms with Crippen molar-refractivity contribution in [2.45, 2.75) is 124 Å². The molecule has 0 aliphatic carbocycles. The molecule has 5 heterocycles. The zero-order valence-corrected chi connectivity index (χ0v) is 55.9. The minimum absolute atomic E-state index is 0.0269. The minimum Gasteiger partial charge on any atom is -0.543 e. The van der Waals surface area contributed by atoms with E-state index in [0.717, 1.165) is 104 Å². The number of rotatable bonds is 11. The fraction of sp³-hybridized carbons (Fsp3) is 0.292. The number of esters is 1. The second kappa shape index (κ2) is 24.5. The Balaban J connectivity index is 1.28. The van der Waals surface area contributed by atoms with Crippen LogP contribution in [0, 0.1) is 35.5 Å². The van der Waals surface area contributed by atoms with Gasteiger partial charge in [0.2, 0.25) is 25.0 Å². The first-order valence-corrected chi connectivity index (χ1v) is 38.6. The van der Waals surface area contributed by atoms with Crippen LogP contribution < -0.4 is 39.4 Å². The molecule has 9 rings (SSSR count). The van der Waals surface area contributed by atoms with Crippen molar-refractivity contribution < 1.29 is 27.5 Å². The highest BCUT2D eigenvalue weighted by atomic mass is 32.1. The van der Waals surface area contributed by atoms with Gasteiger partial charge in [0.15, 0.2) is 6.61 Å². The highest BCUT2D eigenvalue weighted by Gasteiger charge is 2.41. The lowest BCUT2D eigenvalue weighted by Gasteiger charge is -2.36. The van der Waals surface area contributed by atoms with E-state index in [9.17, 15) is 4.79 Å². The summed E-state index contributed by atoms with van der Waals surface area (Å²) in [7, 11) is -6.39. The number of carbonyl (C=O) groups is 1. The number of thiophene rings is 1. The van der Waals surface area contributed by atoms with Crippen molar-refractivity contribution in [1.82, 2.24) is 15.0 Å². The molecule has 8 aromatic rings. The lowest BCUT2D eigenvalue weighted by Crippen LogP contribution is -2.43. The van der Waals surface area contributed by atoms with Crippen molar-refractivity contribution >= 4 is 64.6 Å². The Hall–Kier alpha value is -8.10. The molecule has 436 valence electrons. The maximum atomic E-state index is 12.3. The molecule has 0 unspecified atom stereocenters. The number of carbonyl (C=O) groups excluding carboxylic acids is 1. The summed E-state index contributed by atoms with van der Waals surface area (Å²) in [4.78, 5) is 25.7. The van der Waals surface area contributed by atoms with Crippen molar-refractivity contribution in [3.63, 3.8) is 0 Å². The molecule has 4 aromatic heterocycles. The summed E-state index contributed by atoms with van der Waals surface area (Å²) in [5, 5.41) is 3.41. The Morgan fingerprint density at radius 1 is 0.447 bits per heavy atom. The Morgan fingerprint density at radius 3 is 1.28 bits per heavy atom. The van der Waals surface area contributed by atoms with E-state index in [-0.39, 0.29) is 28.3 Å². The van der Waals surface area contributed by atoms with Gasteiger partial charge in [-0.2, -0.15) is 0 Å². The van der Waals surface area contributed by atoms with E-state index in [1.54, 1.807) is 18.3 Å². The zero-order valence-electron chi connectivity index (χ0n) is 52.1. The number of aromatic nitrogens is 3. The number of nitrogens with one attached hydrogen (secondary N) is 3. The van der Waals surface area contributed by atoms with Crippen LogP contribution in [-0.2, 0) is 9.53 Å². The van der Waals surface area contributed by atoms with Gasteiger partial charge in [-0.1, -0.05) is 128 Å². The Morgan fingerprint density at radius 2 is 0.847 bits per heavy atom. The van der Waals surface area contributed by atoms with E-state index in [2.05, 4.69) is 201 Å². The first-order chi connectivity index (χ1) is 40.1. The first kappa shape index (κ1) is 61.5. The average molecular weight is 1200 g/mol. The van der Waals surface area contributed by atoms with E-state index in [4.69, 9.17) is 22.8 Å². The Labute approximate surface area is 509 Å². The first-order valence-electron chi connectivity index (χ1n) is 29.1. The Kier molecular flexibility index (Phi) is 17.7. The van der Waals surface area contributed by atoms with Crippen molar-refractivity contribution in [3.05, 3.63) is 210 Å². The second-order valence-corrected chi connectivity index (χ2v) is 41.3. The second-order valence-electron chi connectivity index (χ2n) is 26.1. The van der Waals surface area contributed by atoms with Gasteiger partial charge in [-0.15, -0.1) is 11.3 Å². The normalized spacial score (nSPS) is 12.9. The average Bonchev–Trinajstić information content (AvgIpc) is 2.87. The maximum Gasteiger partial charge on any atom is 0.344 e. The van der Waals surface area contributed by atoms with Crippen molar-refractivity contribution in [2.75, 3.05) is 13.2 Å². The van der Waals surface area contributed by atoms with Gasteiger partial charge in [0.1, 0.15) is 23.0 Å². The molecule has 4 aromatic carbocycles. The van der Waals surface area contributed by atoms with E-state index in [1.165, 1.54) is 0 Å². The van der Waals surface area contributed by atoms with Gasteiger partial charge < -0.3 is 37.7 Å². The standard InChI is InChI=1S/C72H79N3O6SSi3/c1-17-77-68(76)48-78-53-32-30-52(31-33-53)69-65-42-41-63(75-65)58(35-28-50-22-19-25-55(46-50)80-84(13,14)71(5,6)7)61-38-37-60(73-61)57(34-27-49-21-18-24-54(45-49)79-83(11,12)70(2,3)4)62-39-40-64(74-62)59(66-43-44-67(69)82-66)36-29-51-23-20-26-56(47-51)81-85(15,16)72(8,9)10/h18-26,30-33,37-47,73-75H,17,48H2,1-16H3. The van der Waals surface area contributed by atoms with Crippen LogP contribution in [0.2, 0.25) is 54.4 Å². The monoisotopic (exact) mass is 1200 g/mol. The van der Waals surface area contributed by atoms with Crippen LogP contribution in [0.1, 0.15) is 113 Å². The number of aromatic amines is 3. The molecule has 0 spiro atoms. The maximum absolute atomic E-state index is 12.3. The van der Waals surface area contributed by atoms with Crippen LogP contribution in [0.3, 0.4) is 0 Å². The third-order valence-corrected chi connectivity index (χ3v) is 30.8. The molecule has 0 amide bonds. The van der Waals surface area contributed by atoms with E-state index < -0.39 is 30.9 Å². The van der Waals surface area contributed by atoms with Crippen LogP contribution in [0.15, 0.2) is 146 Å². The van der Waals surface area contributed by atoms with E-state index >= 15 is 0 Å². The largest absolute Gasteiger partial charge is 0.543 e. The SMILES string of the molecule is CCOC(=O)COc1ccc(C2=c3ccc([nH]3)=C(C#Cc3cccc(O[Si](C)(C)C(C)(C)C)c3)c3ccc([nH]3)C(C#Cc3cccc(O[Si](C)(C)C(C)(C)C)c3)=c3ccc([nH]3)=C(C#Cc3cccc(O[Si](C)(C)C(C)(C)C)c3)c3ccc2s3)cc1. The Bertz CT molecular complexity index is 4270.